The first-order valence-electron chi connectivity index (χ1n) is 6.61. The van der Waals surface area contributed by atoms with Gasteiger partial charge in [0.05, 0.1) is 5.41 Å². The summed E-state index contributed by atoms with van der Waals surface area (Å²) in [5, 5.41) is 0. The summed E-state index contributed by atoms with van der Waals surface area (Å²) in [6.07, 6.45) is 12.9. The van der Waals surface area contributed by atoms with Gasteiger partial charge in [0.15, 0.2) is 17.0 Å². The van der Waals surface area contributed by atoms with E-state index in [2.05, 4.69) is 31.0 Å². The first kappa shape index (κ1) is 10.9. The Morgan fingerprint density at radius 3 is 2.71 bits per heavy atom. The van der Waals surface area contributed by atoms with Crippen LogP contribution in [-0.4, -0.2) is 17.0 Å². The maximum absolute atomic E-state index is 11.3. The van der Waals surface area contributed by atoms with Gasteiger partial charge in [0.25, 0.3) is 0 Å². The lowest BCUT2D eigenvalue weighted by atomic mass is 9.61. The van der Waals surface area contributed by atoms with E-state index >= 15 is 0 Å². The third-order valence-electron chi connectivity index (χ3n) is 4.95. The Kier molecular flexibility index (Phi) is 2.19. The van der Waals surface area contributed by atoms with Crippen LogP contribution in [0.15, 0.2) is 24.3 Å². The second-order valence-corrected chi connectivity index (χ2v) is 5.97. The van der Waals surface area contributed by atoms with Crippen LogP contribution in [0.25, 0.3) is 0 Å². The van der Waals surface area contributed by atoms with Crippen molar-refractivity contribution in [3.05, 3.63) is 24.3 Å². The number of nitrogens with one attached hydrogen (secondary N) is 1. The van der Waals surface area contributed by atoms with Gasteiger partial charge < -0.3 is 0 Å². The highest BCUT2D eigenvalue weighted by Gasteiger charge is 2.59. The fourth-order valence-corrected chi connectivity index (χ4v) is 4.08. The third kappa shape index (κ3) is 1.39. The molecule has 0 radical (unpaired) electrons. The Bertz CT molecular complexity index is 442. The smallest absolute Gasteiger partial charge is 0.178 e. The van der Waals surface area contributed by atoms with Crippen molar-refractivity contribution in [3.8, 4) is 0 Å². The molecule has 1 N–H and O–H groups in total. The van der Waals surface area contributed by atoms with Crippen LogP contribution in [-0.2, 0) is 4.79 Å². The van der Waals surface area contributed by atoms with Gasteiger partial charge in [-0.15, -0.1) is 0 Å². The van der Waals surface area contributed by atoms with E-state index in [9.17, 15) is 4.79 Å². The Hall–Kier alpha value is -1.18. The van der Waals surface area contributed by atoms with Crippen molar-refractivity contribution in [1.82, 2.24) is 0 Å². The molecule has 2 heteroatoms. The predicted octanol–water partition coefficient (Wildman–Crippen LogP) is 1.17. The minimum Gasteiger partial charge on any atom is -0.290 e. The van der Waals surface area contributed by atoms with Gasteiger partial charge in [0.2, 0.25) is 0 Å². The number of carbonyl (C=O) groups is 1. The van der Waals surface area contributed by atoms with E-state index in [0.717, 1.165) is 0 Å². The molecule has 0 aromatic carbocycles. The first-order chi connectivity index (χ1) is 8.07. The van der Waals surface area contributed by atoms with E-state index in [1.54, 1.807) is 12.2 Å². The number of carbonyl (C=O) groups excluding carboxylic acids is 1. The zero-order valence-corrected chi connectivity index (χ0v) is 10.6. The summed E-state index contributed by atoms with van der Waals surface area (Å²) < 4.78 is 0. The molecule has 3 aliphatic rings. The molecule has 3 rings (SSSR count). The second-order valence-electron chi connectivity index (χ2n) is 5.97. The van der Waals surface area contributed by atoms with Crippen molar-refractivity contribution in [2.24, 2.45) is 11.3 Å². The number of ketones is 1. The molecule has 1 saturated carbocycles. The van der Waals surface area contributed by atoms with Crippen LogP contribution in [0, 0.1) is 11.3 Å². The van der Waals surface area contributed by atoms with E-state index in [4.69, 9.17) is 0 Å². The SMILES string of the molecule is CC1=[NH+][C@@]2(C)CCCC[C@H]2C12C=CC(=O)C=C2. The van der Waals surface area contributed by atoms with Crippen LogP contribution in [0.2, 0.25) is 0 Å². The fraction of sp³-hybridized carbons (Fsp3) is 0.600. The normalized spacial score (nSPS) is 38.4. The topological polar surface area (TPSA) is 31.0 Å². The van der Waals surface area contributed by atoms with E-state index < -0.39 is 0 Å². The van der Waals surface area contributed by atoms with E-state index in [0.29, 0.717) is 5.92 Å². The molecule has 17 heavy (non-hydrogen) atoms. The molecule has 1 spiro atoms. The molecule has 1 aliphatic heterocycles. The highest BCUT2D eigenvalue weighted by Crippen LogP contribution is 2.48. The van der Waals surface area contributed by atoms with Gasteiger partial charge >= 0.3 is 0 Å². The number of hydrogen-bond acceptors (Lipinski definition) is 1. The van der Waals surface area contributed by atoms with E-state index in [1.165, 1.54) is 31.4 Å². The summed E-state index contributed by atoms with van der Waals surface area (Å²) in [4.78, 5) is 15.1. The zero-order valence-electron chi connectivity index (χ0n) is 10.6. The predicted molar refractivity (Wildman–Crippen MR) is 67.7 cm³/mol. The first-order valence-corrected chi connectivity index (χ1v) is 6.61. The molecular formula is C15H20NO+. The van der Waals surface area contributed by atoms with Gasteiger partial charge in [0, 0.05) is 26.2 Å². The van der Waals surface area contributed by atoms with Crippen molar-refractivity contribution in [1.29, 1.82) is 0 Å². The fourth-order valence-electron chi connectivity index (χ4n) is 4.08. The largest absolute Gasteiger partial charge is 0.290 e. The highest BCUT2D eigenvalue weighted by atomic mass is 16.1. The van der Waals surface area contributed by atoms with Crippen molar-refractivity contribution in [2.75, 3.05) is 0 Å². The second kappa shape index (κ2) is 3.41. The lowest BCUT2D eigenvalue weighted by Crippen LogP contribution is -2.84. The molecule has 0 saturated heterocycles. The maximum atomic E-state index is 11.3. The van der Waals surface area contributed by atoms with Crippen LogP contribution in [0.4, 0.5) is 0 Å². The van der Waals surface area contributed by atoms with Crippen LogP contribution < -0.4 is 4.99 Å². The van der Waals surface area contributed by atoms with E-state index in [-0.39, 0.29) is 16.7 Å². The van der Waals surface area contributed by atoms with Crippen molar-refractivity contribution in [3.63, 3.8) is 0 Å². The molecule has 1 fully saturated rings. The van der Waals surface area contributed by atoms with Crippen LogP contribution >= 0.6 is 0 Å². The third-order valence-corrected chi connectivity index (χ3v) is 4.95. The van der Waals surface area contributed by atoms with E-state index in [1.807, 2.05) is 0 Å². The molecule has 2 nitrogen and oxygen atoms in total. The molecule has 90 valence electrons. The van der Waals surface area contributed by atoms with Crippen LogP contribution in [0.3, 0.4) is 0 Å². The number of fused-ring (bicyclic) bond motifs is 2. The lowest BCUT2D eigenvalue weighted by Gasteiger charge is -2.37. The molecule has 1 heterocycles. The van der Waals surface area contributed by atoms with Crippen molar-refractivity contribution < 1.29 is 9.79 Å². The molecule has 2 aliphatic carbocycles. The zero-order chi connectivity index (χ0) is 12.1. The molecule has 0 unspecified atom stereocenters. The number of allylic oxidation sites excluding steroid dienone is 4. The molecule has 0 amide bonds. The highest BCUT2D eigenvalue weighted by molar-refractivity contribution is 6.03. The average Bonchev–Trinajstić information content (AvgIpc) is 2.51. The standard InChI is InChI=1S/C15H19NO/c1-11-15(9-6-12(17)7-10-15)13-5-3-4-8-14(13,2)16-11/h6-7,9-10,13H,3-5,8H2,1-2H3/p+1/t13-,14+/m1/s1. The maximum Gasteiger partial charge on any atom is 0.178 e. The molecule has 0 aromatic heterocycles. The monoisotopic (exact) mass is 230 g/mol. The van der Waals surface area contributed by atoms with Gasteiger partial charge in [-0.1, -0.05) is 18.6 Å². The van der Waals surface area contributed by atoms with Crippen LogP contribution in [0.1, 0.15) is 39.5 Å². The number of rotatable bonds is 0. The summed E-state index contributed by atoms with van der Waals surface area (Å²) in [5.74, 6) is 0.720. The molecular weight excluding hydrogens is 210 g/mol. The molecule has 0 bridgehead atoms. The van der Waals surface area contributed by atoms with Crippen molar-refractivity contribution in [2.45, 2.75) is 45.1 Å². The summed E-state index contributed by atoms with van der Waals surface area (Å²) >= 11 is 0. The summed E-state index contributed by atoms with van der Waals surface area (Å²) in [6.45, 7) is 4.52. The average molecular weight is 230 g/mol. The Morgan fingerprint density at radius 1 is 1.29 bits per heavy atom. The van der Waals surface area contributed by atoms with Gasteiger partial charge in [-0.25, -0.2) is 4.99 Å². The van der Waals surface area contributed by atoms with Gasteiger partial charge in [-0.3, -0.25) is 4.79 Å². The lowest BCUT2D eigenvalue weighted by molar-refractivity contribution is -0.552. The van der Waals surface area contributed by atoms with Gasteiger partial charge in [-0.05, 0) is 25.0 Å². The minimum atomic E-state index is -0.0108. The Balaban J connectivity index is 2.07. The minimum absolute atomic E-state index is 0.0108. The summed E-state index contributed by atoms with van der Waals surface area (Å²) in [7, 11) is 0. The van der Waals surface area contributed by atoms with Crippen LogP contribution in [0.5, 0.6) is 0 Å². The molecule has 2 atom stereocenters. The molecule has 0 aromatic rings. The Morgan fingerprint density at radius 2 is 2.00 bits per heavy atom. The summed E-state index contributed by atoms with van der Waals surface area (Å²) in [5.41, 5.74) is 1.52. The Labute approximate surface area is 103 Å². The van der Waals surface area contributed by atoms with Crippen molar-refractivity contribution >= 4 is 11.5 Å². The number of hydrogen-bond donors (Lipinski definition) is 1. The van der Waals surface area contributed by atoms with Gasteiger partial charge in [0.1, 0.15) is 0 Å². The quantitative estimate of drug-likeness (QED) is 0.665. The summed E-state index contributed by atoms with van der Waals surface area (Å²) in [6, 6.07) is 0. The van der Waals surface area contributed by atoms with Gasteiger partial charge in [-0.2, -0.15) is 0 Å².